The van der Waals surface area contributed by atoms with E-state index in [-0.39, 0.29) is 11.3 Å². The fourth-order valence-corrected chi connectivity index (χ4v) is 1.84. The van der Waals surface area contributed by atoms with Crippen molar-refractivity contribution in [1.29, 1.82) is 0 Å². The highest BCUT2D eigenvalue weighted by atomic mass is 16.1. The Labute approximate surface area is 120 Å². The van der Waals surface area contributed by atoms with Crippen molar-refractivity contribution in [2.24, 2.45) is 10.8 Å². The van der Waals surface area contributed by atoms with E-state index in [1.807, 2.05) is 27.7 Å². The molecule has 19 heavy (non-hydrogen) atoms. The number of hydrogen-bond donors (Lipinski definition) is 2. The quantitative estimate of drug-likeness (QED) is 0.707. The van der Waals surface area contributed by atoms with Crippen molar-refractivity contribution in [2.45, 2.75) is 68.2 Å². The highest BCUT2D eigenvalue weighted by molar-refractivity contribution is 5.78. The zero-order chi connectivity index (χ0) is 15.5. The Morgan fingerprint density at radius 2 is 1.42 bits per heavy atom. The Balaban J connectivity index is 0. The lowest BCUT2D eigenvalue weighted by Gasteiger charge is -2.12. The van der Waals surface area contributed by atoms with E-state index < -0.39 is 0 Å². The summed E-state index contributed by atoms with van der Waals surface area (Å²) in [5.41, 5.74) is 0.789. The average molecular weight is 272 g/mol. The van der Waals surface area contributed by atoms with Crippen LogP contribution in [0.1, 0.15) is 68.2 Å². The summed E-state index contributed by atoms with van der Waals surface area (Å²) in [6, 6.07) is 0. The fraction of sp³-hybridized carbons (Fsp3) is 0.938. The van der Waals surface area contributed by atoms with E-state index in [0.29, 0.717) is 11.8 Å². The van der Waals surface area contributed by atoms with E-state index in [1.54, 1.807) is 0 Å². The second-order valence-corrected chi connectivity index (χ2v) is 6.21. The van der Waals surface area contributed by atoms with Crippen molar-refractivity contribution in [2.75, 3.05) is 19.6 Å². The summed E-state index contributed by atoms with van der Waals surface area (Å²) in [6.07, 6.45) is 2.03. The monoisotopic (exact) mass is 272 g/mol. The van der Waals surface area contributed by atoms with Crippen molar-refractivity contribution in [1.82, 2.24) is 10.6 Å². The second-order valence-electron chi connectivity index (χ2n) is 6.21. The molecule has 0 unspecified atom stereocenters. The van der Waals surface area contributed by atoms with E-state index >= 15 is 0 Å². The van der Waals surface area contributed by atoms with E-state index in [9.17, 15) is 4.79 Å². The Hall–Kier alpha value is -0.570. The minimum Gasteiger partial charge on any atom is -0.356 e. The molecule has 2 saturated heterocycles. The largest absolute Gasteiger partial charge is 0.356 e. The van der Waals surface area contributed by atoms with Gasteiger partial charge in [0.2, 0.25) is 5.91 Å². The third-order valence-corrected chi connectivity index (χ3v) is 2.99. The van der Waals surface area contributed by atoms with Gasteiger partial charge in [-0.25, -0.2) is 0 Å². The Morgan fingerprint density at radius 3 is 1.53 bits per heavy atom. The molecule has 0 saturated carbocycles. The van der Waals surface area contributed by atoms with Crippen LogP contribution in [0.2, 0.25) is 0 Å². The molecule has 2 rings (SSSR count). The number of carbonyl (C=O) groups is 1. The van der Waals surface area contributed by atoms with E-state index in [1.165, 1.54) is 19.5 Å². The van der Waals surface area contributed by atoms with Gasteiger partial charge >= 0.3 is 0 Å². The van der Waals surface area contributed by atoms with Crippen LogP contribution < -0.4 is 10.6 Å². The van der Waals surface area contributed by atoms with Crippen LogP contribution in [0.4, 0.5) is 0 Å². The average Bonchev–Trinajstić information content (AvgIpc) is 2.90. The van der Waals surface area contributed by atoms with Crippen molar-refractivity contribution < 1.29 is 4.79 Å². The SMILES string of the molecule is CC.CC.CC1(C)CCNC1.CC1(C)CNC(=O)C1. The number of hydrogen-bond acceptors (Lipinski definition) is 2. The molecule has 2 aliphatic rings. The van der Waals surface area contributed by atoms with Crippen LogP contribution in [0.25, 0.3) is 0 Å². The first-order valence-corrected chi connectivity index (χ1v) is 7.78. The number of amides is 1. The van der Waals surface area contributed by atoms with Gasteiger partial charge in [-0.2, -0.15) is 0 Å². The third kappa shape index (κ3) is 11.0. The van der Waals surface area contributed by atoms with Gasteiger partial charge in [0.25, 0.3) is 0 Å². The fourth-order valence-electron chi connectivity index (χ4n) is 1.84. The number of rotatable bonds is 0. The van der Waals surface area contributed by atoms with Crippen molar-refractivity contribution in [3.8, 4) is 0 Å². The third-order valence-electron chi connectivity index (χ3n) is 2.99. The summed E-state index contributed by atoms with van der Waals surface area (Å²) in [4.78, 5) is 10.5. The zero-order valence-electron chi connectivity index (χ0n) is 14.4. The molecule has 2 aliphatic heterocycles. The molecule has 0 aromatic rings. The molecule has 0 aromatic heterocycles. The van der Waals surface area contributed by atoms with Crippen LogP contribution in [-0.4, -0.2) is 25.5 Å². The zero-order valence-corrected chi connectivity index (χ0v) is 14.4. The van der Waals surface area contributed by atoms with Gasteiger partial charge in [-0.05, 0) is 23.8 Å². The smallest absolute Gasteiger partial charge is 0.220 e. The molecule has 3 nitrogen and oxygen atoms in total. The molecular weight excluding hydrogens is 236 g/mol. The minimum absolute atomic E-state index is 0.190. The molecular formula is C16H36N2O. The molecule has 0 radical (unpaired) electrons. The van der Waals surface area contributed by atoms with Gasteiger partial charge in [0.05, 0.1) is 0 Å². The lowest BCUT2D eigenvalue weighted by atomic mass is 9.93. The molecule has 3 heteroatoms. The highest BCUT2D eigenvalue weighted by Crippen LogP contribution is 2.23. The van der Waals surface area contributed by atoms with Gasteiger partial charge in [0, 0.05) is 19.5 Å². The predicted octanol–water partition coefficient (Wildman–Crippen LogP) is 3.59. The first kappa shape index (κ1) is 20.7. The van der Waals surface area contributed by atoms with E-state index in [0.717, 1.165) is 6.54 Å². The Kier molecular flexibility index (Phi) is 11.2. The highest BCUT2D eigenvalue weighted by Gasteiger charge is 2.28. The van der Waals surface area contributed by atoms with Crippen molar-refractivity contribution in [3.63, 3.8) is 0 Å². The molecule has 0 atom stereocenters. The van der Waals surface area contributed by atoms with Gasteiger partial charge in [-0.3, -0.25) is 4.79 Å². The molecule has 2 fully saturated rings. The molecule has 2 heterocycles. The molecule has 116 valence electrons. The van der Waals surface area contributed by atoms with Crippen molar-refractivity contribution >= 4 is 5.91 Å². The summed E-state index contributed by atoms with van der Waals surface area (Å²) >= 11 is 0. The minimum atomic E-state index is 0.190. The first-order valence-electron chi connectivity index (χ1n) is 7.78. The summed E-state index contributed by atoms with van der Waals surface area (Å²) in [6.45, 7) is 20.0. The molecule has 0 aliphatic carbocycles. The summed E-state index contributed by atoms with van der Waals surface area (Å²) in [7, 11) is 0. The van der Waals surface area contributed by atoms with Crippen LogP contribution in [0.5, 0.6) is 0 Å². The predicted molar refractivity (Wildman–Crippen MR) is 85.4 cm³/mol. The molecule has 0 spiro atoms. The summed E-state index contributed by atoms with van der Waals surface area (Å²) < 4.78 is 0. The molecule has 2 N–H and O–H groups in total. The van der Waals surface area contributed by atoms with E-state index in [2.05, 4.69) is 38.3 Å². The maximum atomic E-state index is 10.5. The van der Waals surface area contributed by atoms with E-state index in [4.69, 9.17) is 0 Å². The van der Waals surface area contributed by atoms with Gasteiger partial charge in [-0.1, -0.05) is 55.4 Å². The normalized spacial score (nSPS) is 21.8. The number of nitrogens with one attached hydrogen (secondary N) is 2. The van der Waals surface area contributed by atoms with Crippen LogP contribution in [-0.2, 0) is 4.79 Å². The number of carbonyl (C=O) groups excluding carboxylic acids is 1. The van der Waals surface area contributed by atoms with Crippen LogP contribution >= 0.6 is 0 Å². The van der Waals surface area contributed by atoms with Crippen molar-refractivity contribution in [3.05, 3.63) is 0 Å². The molecule has 0 aromatic carbocycles. The maximum Gasteiger partial charge on any atom is 0.220 e. The lowest BCUT2D eigenvalue weighted by molar-refractivity contribution is -0.119. The van der Waals surface area contributed by atoms with Gasteiger partial charge in [0.1, 0.15) is 0 Å². The van der Waals surface area contributed by atoms with Gasteiger partial charge in [-0.15, -0.1) is 0 Å². The first-order chi connectivity index (χ1) is 8.81. The topological polar surface area (TPSA) is 41.1 Å². The maximum absolute atomic E-state index is 10.5. The Morgan fingerprint density at radius 1 is 0.895 bits per heavy atom. The van der Waals surface area contributed by atoms with Crippen LogP contribution in [0.3, 0.4) is 0 Å². The van der Waals surface area contributed by atoms with Crippen LogP contribution in [0.15, 0.2) is 0 Å². The standard InChI is InChI=1S/C6H11NO.C6H13N.2C2H6/c1-6(2)3-5(8)7-4-6;1-6(2)3-4-7-5-6;2*1-2/h3-4H2,1-2H3,(H,7,8);7H,3-5H2,1-2H3;2*1-2H3. The second kappa shape index (κ2) is 10.2. The summed E-state index contributed by atoms with van der Waals surface area (Å²) in [5, 5.41) is 6.08. The Bertz CT molecular complexity index is 227. The summed E-state index contributed by atoms with van der Waals surface area (Å²) in [5.74, 6) is 0.190. The molecule has 1 amide bonds. The van der Waals surface area contributed by atoms with Gasteiger partial charge in [0.15, 0.2) is 0 Å². The van der Waals surface area contributed by atoms with Gasteiger partial charge < -0.3 is 10.6 Å². The lowest BCUT2D eigenvalue weighted by Crippen LogP contribution is -2.16. The van der Waals surface area contributed by atoms with Crippen LogP contribution in [0, 0.1) is 10.8 Å². The molecule has 0 bridgehead atoms.